The molecule has 0 radical (unpaired) electrons. The molecule has 0 saturated carbocycles. The van der Waals surface area contributed by atoms with Gasteiger partial charge in [0.05, 0.1) is 6.61 Å². The van der Waals surface area contributed by atoms with E-state index < -0.39 is 42.4 Å². The molecule has 0 bridgehead atoms. The highest BCUT2D eigenvalue weighted by Gasteiger charge is 2.45. The highest BCUT2D eigenvalue weighted by molar-refractivity contribution is 4.88. The van der Waals surface area contributed by atoms with Crippen molar-refractivity contribution < 1.29 is 35.1 Å². The maximum atomic E-state index is 9.98. The Morgan fingerprint density at radius 3 is 2.33 bits per heavy atom. The number of ether oxygens (including phenoxy) is 1. The first kappa shape index (κ1) is 12.1. The van der Waals surface area contributed by atoms with Crippen molar-refractivity contribution in [3.05, 3.63) is 10.1 Å². The Balaban J connectivity index is 2.69. The van der Waals surface area contributed by atoms with Crippen LogP contribution in [0.25, 0.3) is 0 Å². The van der Waals surface area contributed by atoms with Crippen LogP contribution in [0, 0.1) is 10.1 Å². The minimum Gasteiger partial charge on any atom is -0.394 e. The van der Waals surface area contributed by atoms with Crippen molar-refractivity contribution in [2.24, 2.45) is 0 Å². The van der Waals surface area contributed by atoms with Gasteiger partial charge in [-0.05, 0) is 0 Å². The zero-order chi connectivity index (χ0) is 11.6. The highest BCUT2D eigenvalue weighted by Crippen LogP contribution is 2.21. The van der Waals surface area contributed by atoms with Crippen LogP contribution in [-0.2, 0) is 9.57 Å². The maximum absolute atomic E-state index is 9.98. The van der Waals surface area contributed by atoms with Gasteiger partial charge in [-0.1, -0.05) is 0 Å². The number of hydrogen-bond donors (Lipinski definition) is 4. The molecule has 1 rings (SSSR count). The molecule has 0 aromatic rings. The zero-order valence-electron chi connectivity index (χ0n) is 7.46. The predicted molar refractivity (Wildman–Crippen MR) is 41.8 cm³/mol. The SMILES string of the molecule is O=[N+]([O-])O[C@@H]1O[C@H](CO)[C@@H](O)[C@H](O)[C@H]1O. The van der Waals surface area contributed by atoms with Crippen molar-refractivity contribution in [3.8, 4) is 0 Å². The van der Waals surface area contributed by atoms with Crippen LogP contribution in [0.1, 0.15) is 0 Å². The lowest BCUT2D eigenvalue weighted by Gasteiger charge is -2.38. The fourth-order valence-corrected chi connectivity index (χ4v) is 1.24. The lowest BCUT2D eigenvalue weighted by Crippen LogP contribution is -2.59. The number of rotatable bonds is 3. The molecular formula is C6H11NO8. The van der Waals surface area contributed by atoms with Gasteiger partial charge in [-0.3, -0.25) is 4.84 Å². The van der Waals surface area contributed by atoms with Crippen molar-refractivity contribution in [2.45, 2.75) is 30.7 Å². The average Bonchev–Trinajstić information content (AvgIpc) is 2.18. The number of aliphatic hydroxyl groups is 4. The van der Waals surface area contributed by atoms with Crippen LogP contribution in [0.3, 0.4) is 0 Å². The molecule has 9 heteroatoms. The maximum Gasteiger partial charge on any atom is 0.297 e. The van der Waals surface area contributed by atoms with E-state index in [4.69, 9.17) is 5.11 Å². The second kappa shape index (κ2) is 4.68. The van der Waals surface area contributed by atoms with E-state index in [-0.39, 0.29) is 0 Å². The topological polar surface area (TPSA) is 143 Å². The first-order valence-electron chi connectivity index (χ1n) is 4.09. The van der Waals surface area contributed by atoms with Crippen molar-refractivity contribution in [1.29, 1.82) is 0 Å². The van der Waals surface area contributed by atoms with Crippen LogP contribution in [-0.4, -0.2) is 62.8 Å². The third-order valence-corrected chi connectivity index (χ3v) is 2.04. The Kier molecular flexibility index (Phi) is 3.77. The van der Waals surface area contributed by atoms with Crippen molar-refractivity contribution >= 4 is 0 Å². The second-order valence-electron chi connectivity index (χ2n) is 3.03. The monoisotopic (exact) mass is 225 g/mol. The molecule has 0 unspecified atom stereocenters. The molecular weight excluding hydrogens is 214 g/mol. The van der Waals surface area contributed by atoms with Crippen LogP contribution in [0.2, 0.25) is 0 Å². The first-order valence-corrected chi connectivity index (χ1v) is 4.09. The van der Waals surface area contributed by atoms with Gasteiger partial charge in [0.1, 0.15) is 24.4 Å². The van der Waals surface area contributed by atoms with E-state index in [0.29, 0.717) is 0 Å². The summed E-state index contributed by atoms with van der Waals surface area (Å²) in [6, 6.07) is 0. The third kappa shape index (κ3) is 2.52. The Bertz CT molecular complexity index is 233. The van der Waals surface area contributed by atoms with E-state index in [9.17, 15) is 25.4 Å². The molecule has 0 aromatic carbocycles. The van der Waals surface area contributed by atoms with Crippen LogP contribution < -0.4 is 0 Å². The summed E-state index contributed by atoms with van der Waals surface area (Å²) in [5.74, 6) is 0. The van der Waals surface area contributed by atoms with Gasteiger partial charge in [0.2, 0.25) is 6.29 Å². The molecule has 88 valence electrons. The quantitative estimate of drug-likeness (QED) is 0.294. The molecule has 4 N–H and O–H groups in total. The molecule has 0 spiro atoms. The van der Waals surface area contributed by atoms with Crippen LogP contribution in [0.15, 0.2) is 0 Å². The smallest absolute Gasteiger partial charge is 0.297 e. The first-order chi connectivity index (χ1) is 6.97. The van der Waals surface area contributed by atoms with Crippen LogP contribution in [0.4, 0.5) is 0 Å². The molecule has 9 nitrogen and oxygen atoms in total. The van der Waals surface area contributed by atoms with Gasteiger partial charge in [-0.15, -0.1) is 10.1 Å². The summed E-state index contributed by atoms with van der Waals surface area (Å²) < 4.78 is 4.67. The molecule has 0 aromatic heterocycles. The Morgan fingerprint density at radius 2 is 1.87 bits per heavy atom. The summed E-state index contributed by atoms with van der Waals surface area (Å²) in [5, 5.41) is 45.2. The molecule has 5 atom stereocenters. The summed E-state index contributed by atoms with van der Waals surface area (Å²) in [6.45, 7) is -0.664. The Hall–Kier alpha value is -1.00. The molecule has 1 heterocycles. The van der Waals surface area contributed by atoms with Gasteiger partial charge in [0.25, 0.3) is 5.09 Å². The molecule has 1 fully saturated rings. The van der Waals surface area contributed by atoms with E-state index in [0.717, 1.165) is 0 Å². The van der Waals surface area contributed by atoms with Crippen molar-refractivity contribution in [1.82, 2.24) is 0 Å². The van der Waals surface area contributed by atoms with E-state index in [1.165, 1.54) is 0 Å². The summed E-state index contributed by atoms with van der Waals surface area (Å²) in [5.41, 5.74) is 0. The van der Waals surface area contributed by atoms with E-state index >= 15 is 0 Å². The highest BCUT2D eigenvalue weighted by atomic mass is 17.0. The van der Waals surface area contributed by atoms with Gasteiger partial charge >= 0.3 is 0 Å². The fraction of sp³-hybridized carbons (Fsp3) is 1.00. The summed E-state index contributed by atoms with van der Waals surface area (Å²) in [4.78, 5) is 13.9. The van der Waals surface area contributed by atoms with Gasteiger partial charge < -0.3 is 25.2 Å². The molecule has 1 aliphatic heterocycles. The molecule has 1 aliphatic rings. The molecule has 0 aliphatic carbocycles. The molecule has 1 saturated heterocycles. The number of hydrogen-bond acceptors (Lipinski definition) is 8. The Morgan fingerprint density at radius 1 is 1.27 bits per heavy atom. The number of aliphatic hydroxyl groups excluding tert-OH is 4. The minimum absolute atomic E-state index is 0.664. The average molecular weight is 225 g/mol. The summed E-state index contributed by atoms with van der Waals surface area (Å²) in [6.07, 6.45) is -7.94. The predicted octanol–water partition coefficient (Wildman–Crippen LogP) is -3.01. The van der Waals surface area contributed by atoms with E-state index in [1.807, 2.05) is 0 Å². The largest absolute Gasteiger partial charge is 0.394 e. The second-order valence-corrected chi connectivity index (χ2v) is 3.03. The van der Waals surface area contributed by atoms with Crippen molar-refractivity contribution in [3.63, 3.8) is 0 Å². The fourth-order valence-electron chi connectivity index (χ4n) is 1.24. The van der Waals surface area contributed by atoms with Crippen LogP contribution in [0.5, 0.6) is 0 Å². The Labute approximate surface area is 83.6 Å². The minimum atomic E-state index is -1.76. The lowest BCUT2D eigenvalue weighted by atomic mass is 9.99. The third-order valence-electron chi connectivity index (χ3n) is 2.04. The van der Waals surface area contributed by atoms with Gasteiger partial charge in [-0.25, -0.2) is 0 Å². The van der Waals surface area contributed by atoms with Gasteiger partial charge in [0.15, 0.2) is 0 Å². The standard InChI is InChI=1S/C6H11NO8/c8-1-2-3(9)4(10)5(11)6(14-2)15-7(12)13/h2-6,8-11H,1H2/t2-,3-,4+,5-,6+/m1/s1. The molecule has 0 amide bonds. The summed E-state index contributed by atoms with van der Waals surface area (Å²) >= 11 is 0. The van der Waals surface area contributed by atoms with Crippen LogP contribution >= 0.6 is 0 Å². The van der Waals surface area contributed by atoms with Crippen molar-refractivity contribution in [2.75, 3.05) is 6.61 Å². The van der Waals surface area contributed by atoms with E-state index in [1.54, 1.807) is 0 Å². The molecule has 15 heavy (non-hydrogen) atoms. The lowest BCUT2D eigenvalue weighted by molar-refractivity contribution is -0.785. The zero-order valence-corrected chi connectivity index (χ0v) is 7.46. The van der Waals surface area contributed by atoms with E-state index in [2.05, 4.69) is 9.57 Å². The summed E-state index contributed by atoms with van der Waals surface area (Å²) in [7, 11) is 0. The van der Waals surface area contributed by atoms with Gasteiger partial charge in [-0.2, -0.15) is 0 Å². The van der Waals surface area contributed by atoms with Gasteiger partial charge in [0, 0.05) is 0 Å². The normalized spacial score (nSPS) is 41.2. The number of nitrogens with zero attached hydrogens (tertiary/aromatic N) is 1.